The number of allylic oxidation sites excluding steroid dienone is 1. The number of aromatic nitrogens is 1. The Morgan fingerprint density at radius 2 is 2.45 bits per heavy atom. The Labute approximate surface area is 65.0 Å². The molecule has 0 unspecified atom stereocenters. The number of hydrogen-bond donors (Lipinski definition) is 0. The molecule has 1 aromatic rings. The van der Waals surface area contributed by atoms with Gasteiger partial charge in [0.05, 0.1) is 6.57 Å². The molecule has 2 nitrogen and oxygen atoms in total. The molecule has 1 aliphatic rings. The van der Waals surface area contributed by atoms with E-state index in [-0.39, 0.29) is 0 Å². The average Bonchev–Trinajstić information content (AvgIpc) is 2.50. The highest BCUT2D eigenvalue weighted by atomic mass is 14.7. The fourth-order valence-electron chi connectivity index (χ4n) is 1.17. The molecule has 0 aromatic carbocycles. The van der Waals surface area contributed by atoms with Gasteiger partial charge in [-0.25, -0.2) is 4.85 Å². The van der Waals surface area contributed by atoms with Crippen LogP contribution in [0.3, 0.4) is 0 Å². The third kappa shape index (κ3) is 0.908. The summed E-state index contributed by atoms with van der Waals surface area (Å²) in [5, 5.41) is 0. The summed E-state index contributed by atoms with van der Waals surface area (Å²) >= 11 is 0. The lowest BCUT2D eigenvalue weighted by molar-refractivity contribution is 1.13. The van der Waals surface area contributed by atoms with Gasteiger partial charge in [-0.1, -0.05) is 12.2 Å². The van der Waals surface area contributed by atoms with Crippen molar-refractivity contribution in [3.05, 3.63) is 41.0 Å². The molecule has 1 aromatic heterocycles. The zero-order valence-electron chi connectivity index (χ0n) is 5.91. The van der Waals surface area contributed by atoms with Crippen molar-refractivity contribution < 1.29 is 0 Å². The first-order valence-corrected chi connectivity index (χ1v) is 3.43. The predicted octanol–water partition coefficient (Wildman–Crippen LogP) is 2.20. The molecule has 0 spiro atoms. The minimum atomic E-state index is 0.621. The van der Waals surface area contributed by atoms with Crippen LogP contribution in [-0.2, 0) is 6.42 Å². The fraction of sp³-hybridized carbons (Fsp3) is 0.111. The van der Waals surface area contributed by atoms with Gasteiger partial charge in [-0.3, -0.25) is 4.98 Å². The monoisotopic (exact) mass is 142 g/mol. The van der Waals surface area contributed by atoms with Crippen LogP contribution in [0.15, 0.2) is 18.3 Å². The van der Waals surface area contributed by atoms with Gasteiger partial charge >= 0.3 is 0 Å². The molecule has 0 bridgehead atoms. The summed E-state index contributed by atoms with van der Waals surface area (Å²) < 4.78 is 0. The van der Waals surface area contributed by atoms with Crippen LogP contribution in [0.1, 0.15) is 11.3 Å². The maximum absolute atomic E-state index is 6.77. The summed E-state index contributed by atoms with van der Waals surface area (Å²) in [7, 11) is 0. The van der Waals surface area contributed by atoms with Crippen molar-refractivity contribution in [1.29, 1.82) is 0 Å². The van der Waals surface area contributed by atoms with E-state index in [9.17, 15) is 0 Å². The molecule has 11 heavy (non-hydrogen) atoms. The van der Waals surface area contributed by atoms with Crippen LogP contribution in [-0.4, -0.2) is 4.98 Å². The van der Waals surface area contributed by atoms with Crippen molar-refractivity contribution in [2.45, 2.75) is 6.42 Å². The molecule has 1 heterocycles. The zero-order chi connectivity index (χ0) is 7.68. The molecule has 0 N–H and O–H groups in total. The van der Waals surface area contributed by atoms with Gasteiger partial charge in [0.2, 0.25) is 5.69 Å². The summed E-state index contributed by atoms with van der Waals surface area (Å²) in [6.45, 7) is 6.77. The van der Waals surface area contributed by atoms with E-state index in [1.54, 1.807) is 6.20 Å². The van der Waals surface area contributed by atoms with Crippen LogP contribution in [0, 0.1) is 6.57 Å². The number of nitrogens with zero attached hydrogens (tertiary/aromatic N) is 2. The predicted molar refractivity (Wildman–Crippen MR) is 43.2 cm³/mol. The number of hydrogen-bond acceptors (Lipinski definition) is 1. The van der Waals surface area contributed by atoms with Gasteiger partial charge in [0.1, 0.15) is 0 Å². The Balaban J connectivity index is 2.58. The van der Waals surface area contributed by atoms with Gasteiger partial charge in [0.15, 0.2) is 0 Å². The molecule has 0 saturated carbocycles. The Morgan fingerprint density at radius 3 is 3.27 bits per heavy atom. The van der Waals surface area contributed by atoms with E-state index < -0.39 is 0 Å². The minimum Gasteiger partial charge on any atom is -0.272 e. The molecule has 0 radical (unpaired) electrons. The molecule has 0 fully saturated rings. The lowest BCUT2D eigenvalue weighted by Gasteiger charge is -1.95. The van der Waals surface area contributed by atoms with Crippen molar-refractivity contribution in [1.82, 2.24) is 4.98 Å². The Bertz CT molecular complexity index is 358. The van der Waals surface area contributed by atoms with E-state index in [1.165, 1.54) is 0 Å². The third-order valence-corrected chi connectivity index (χ3v) is 1.73. The highest BCUT2D eigenvalue weighted by Crippen LogP contribution is 2.21. The van der Waals surface area contributed by atoms with Crippen molar-refractivity contribution in [2.75, 3.05) is 0 Å². The summed E-state index contributed by atoms with van der Waals surface area (Å²) in [6.07, 6.45) is 6.61. The second-order valence-corrected chi connectivity index (χ2v) is 2.45. The first-order valence-electron chi connectivity index (χ1n) is 3.43. The SMILES string of the molecule is [C-]#[N+]c1cnc2c(c1)C=CC2. The summed E-state index contributed by atoms with van der Waals surface area (Å²) in [5.74, 6) is 0. The van der Waals surface area contributed by atoms with Crippen LogP contribution < -0.4 is 0 Å². The lowest BCUT2D eigenvalue weighted by atomic mass is 10.2. The van der Waals surface area contributed by atoms with E-state index in [1.807, 2.05) is 12.1 Å². The van der Waals surface area contributed by atoms with E-state index in [0.717, 1.165) is 17.7 Å². The normalized spacial score (nSPS) is 12.6. The number of rotatable bonds is 0. The van der Waals surface area contributed by atoms with Crippen LogP contribution in [0.4, 0.5) is 5.69 Å². The Morgan fingerprint density at radius 1 is 1.55 bits per heavy atom. The number of pyridine rings is 1. The maximum Gasteiger partial charge on any atom is 0.205 e. The van der Waals surface area contributed by atoms with Crippen molar-refractivity contribution in [3.8, 4) is 0 Å². The highest BCUT2D eigenvalue weighted by Gasteiger charge is 2.05. The smallest absolute Gasteiger partial charge is 0.205 e. The van der Waals surface area contributed by atoms with Crippen molar-refractivity contribution >= 4 is 11.8 Å². The van der Waals surface area contributed by atoms with Gasteiger partial charge in [0.25, 0.3) is 0 Å². The standard InChI is InChI=1S/C9H6N2/c1-10-8-5-7-3-2-4-9(7)11-6-8/h2-3,5-6H,4H2. The summed E-state index contributed by atoms with van der Waals surface area (Å²) in [6, 6.07) is 1.87. The van der Waals surface area contributed by atoms with Gasteiger partial charge < -0.3 is 0 Å². The average molecular weight is 142 g/mol. The highest BCUT2D eigenvalue weighted by molar-refractivity contribution is 5.62. The van der Waals surface area contributed by atoms with Crippen molar-refractivity contribution in [2.24, 2.45) is 0 Å². The lowest BCUT2D eigenvalue weighted by Crippen LogP contribution is -1.84. The first kappa shape index (κ1) is 6.11. The van der Waals surface area contributed by atoms with E-state index in [4.69, 9.17) is 6.57 Å². The van der Waals surface area contributed by atoms with Gasteiger partial charge in [-0.15, -0.1) is 0 Å². The largest absolute Gasteiger partial charge is 0.272 e. The molecular weight excluding hydrogens is 136 g/mol. The van der Waals surface area contributed by atoms with Crippen molar-refractivity contribution in [3.63, 3.8) is 0 Å². The molecular formula is C9H6N2. The summed E-state index contributed by atoms with van der Waals surface area (Å²) in [4.78, 5) is 7.46. The second kappa shape index (κ2) is 2.21. The minimum absolute atomic E-state index is 0.621. The Kier molecular flexibility index (Phi) is 1.23. The molecule has 52 valence electrons. The van der Waals surface area contributed by atoms with Crippen LogP contribution in [0.25, 0.3) is 10.9 Å². The first-order chi connectivity index (χ1) is 5.40. The third-order valence-electron chi connectivity index (χ3n) is 1.73. The second-order valence-electron chi connectivity index (χ2n) is 2.45. The topological polar surface area (TPSA) is 17.2 Å². The molecule has 0 saturated heterocycles. The molecule has 1 aliphatic carbocycles. The maximum atomic E-state index is 6.77. The van der Waals surface area contributed by atoms with Crippen LogP contribution in [0.2, 0.25) is 0 Å². The van der Waals surface area contributed by atoms with Gasteiger partial charge in [0, 0.05) is 18.3 Å². The van der Waals surface area contributed by atoms with Crippen LogP contribution in [0.5, 0.6) is 0 Å². The molecule has 0 amide bonds. The molecule has 2 rings (SSSR count). The molecule has 2 heteroatoms. The van der Waals surface area contributed by atoms with E-state index in [0.29, 0.717) is 5.69 Å². The van der Waals surface area contributed by atoms with Gasteiger partial charge in [-0.05, 0) is 11.6 Å². The quantitative estimate of drug-likeness (QED) is 0.507. The fourth-order valence-corrected chi connectivity index (χ4v) is 1.17. The Hall–Kier alpha value is -1.62. The number of fused-ring (bicyclic) bond motifs is 1. The van der Waals surface area contributed by atoms with Gasteiger partial charge in [-0.2, -0.15) is 0 Å². The van der Waals surface area contributed by atoms with E-state index in [2.05, 4.69) is 15.9 Å². The zero-order valence-corrected chi connectivity index (χ0v) is 5.91. The molecule has 0 aliphatic heterocycles. The van der Waals surface area contributed by atoms with E-state index >= 15 is 0 Å². The molecule has 0 atom stereocenters. The summed E-state index contributed by atoms with van der Waals surface area (Å²) in [5.41, 5.74) is 2.80. The van der Waals surface area contributed by atoms with Crippen LogP contribution >= 0.6 is 0 Å².